The molecular formula is C15H21NO. The van der Waals surface area contributed by atoms with E-state index in [9.17, 15) is 5.11 Å². The second-order valence-corrected chi connectivity index (χ2v) is 5.55. The van der Waals surface area contributed by atoms with Crippen molar-refractivity contribution in [1.82, 2.24) is 4.90 Å². The summed E-state index contributed by atoms with van der Waals surface area (Å²) in [7, 11) is 0. The minimum Gasteiger partial charge on any atom is -0.396 e. The lowest BCUT2D eigenvalue weighted by Gasteiger charge is -2.38. The standard InChI is InChI=1S/C15H21NO/c17-11-12-4-3-7-16(9-12)10-14-8-13-5-1-2-6-15(13)14/h1-2,5-6,12,14,17H,3-4,7-11H2. The maximum Gasteiger partial charge on any atom is 0.0471 e. The van der Waals surface area contributed by atoms with E-state index in [0.29, 0.717) is 12.5 Å². The molecule has 1 fully saturated rings. The molecule has 2 unspecified atom stereocenters. The summed E-state index contributed by atoms with van der Waals surface area (Å²) in [6.07, 6.45) is 3.70. The second kappa shape index (κ2) is 4.79. The molecular weight excluding hydrogens is 210 g/mol. The predicted octanol–water partition coefficient (Wildman–Crippen LogP) is 2.03. The predicted molar refractivity (Wildman–Crippen MR) is 69.1 cm³/mol. The molecule has 2 atom stereocenters. The van der Waals surface area contributed by atoms with Gasteiger partial charge in [-0.15, -0.1) is 0 Å². The van der Waals surface area contributed by atoms with E-state index < -0.39 is 0 Å². The third kappa shape index (κ3) is 2.24. The van der Waals surface area contributed by atoms with Gasteiger partial charge in [-0.1, -0.05) is 24.3 Å². The number of hydrogen-bond donors (Lipinski definition) is 1. The molecule has 2 aliphatic rings. The molecule has 1 aromatic carbocycles. The highest BCUT2D eigenvalue weighted by Crippen LogP contribution is 2.35. The SMILES string of the molecule is OCC1CCCN(CC2Cc3ccccc32)C1. The Hall–Kier alpha value is -0.860. The van der Waals surface area contributed by atoms with Gasteiger partial charge < -0.3 is 10.0 Å². The van der Waals surface area contributed by atoms with Crippen molar-refractivity contribution in [3.05, 3.63) is 35.4 Å². The van der Waals surface area contributed by atoms with Crippen molar-refractivity contribution in [3.8, 4) is 0 Å². The van der Waals surface area contributed by atoms with Crippen molar-refractivity contribution in [2.75, 3.05) is 26.2 Å². The summed E-state index contributed by atoms with van der Waals surface area (Å²) in [6, 6.07) is 8.81. The fourth-order valence-corrected chi connectivity index (χ4v) is 3.30. The van der Waals surface area contributed by atoms with Crippen LogP contribution in [0.2, 0.25) is 0 Å². The minimum atomic E-state index is 0.359. The molecule has 2 nitrogen and oxygen atoms in total. The second-order valence-electron chi connectivity index (χ2n) is 5.55. The molecule has 0 saturated carbocycles. The maximum atomic E-state index is 9.25. The third-order valence-corrected chi connectivity index (χ3v) is 4.30. The molecule has 0 spiro atoms. The number of rotatable bonds is 3. The van der Waals surface area contributed by atoms with Gasteiger partial charge in [-0.2, -0.15) is 0 Å². The summed E-state index contributed by atoms with van der Waals surface area (Å²) in [5.74, 6) is 1.25. The monoisotopic (exact) mass is 231 g/mol. The molecule has 3 rings (SSSR count). The Balaban J connectivity index is 1.59. The molecule has 92 valence electrons. The van der Waals surface area contributed by atoms with E-state index in [1.165, 1.54) is 37.9 Å². The summed E-state index contributed by atoms with van der Waals surface area (Å²) in [5, 5.41) is 9.25. The molecule has 17 heavy (non-hydrogen) atoms. The van der Waals surface area contributed by atoms with Gasteiger partial charge in [0.15, 0.2) is 0 Å². The molecule has 1 heterocycles. The van der Waals surface area contributed by atoms with Gasteiger partial charge in [0.05, 0.1) is 0 Å². The molecule has 2 heteroatoms. The Morgan fingerprint density at radius 1 is 1.29 bits per heavy atom. The fraction of sp³-hybridized carbons (Fsp3) is 0.600. The van der Waals surface area contributed by atoms with Crippen molar-refractivity contribution in [2.45, 2.75) is 25.2 Å². The third-order valence-electron chi connectivity index (χ3n) is 4.30. The Morgan fingerprint density at radius 3 is 3.00 bits per heavy atom. The quantitative estimate of drug-likeness (QED) is 0.860. The zero-order chi connectivity index (χ0) is 11.7. The van der Waals surface area contributed by atoms with Gasteiger partial charge in [0, 0.05) is 25.6 Å². The molecule has 0 aromatic heterocycles. The van der Waals surface area contributed by atoms with Crippen molar-refractivity contribution in [3.63, 3.8) is 0 Å². The van der Waals surface area contributed by atoms with Gasteiger partial charge in [0.25, 0.3) is 0 Å². The number of benzene rings is 1. The van der Waals surface area contributed by atoms with Crippen molar-refractivity contribution < 1.29 is 5.11 Å². The first kappa shape index (κ1) is 11.2. The van der Waals surface area contributed by atoms with E-state index in [1.54, 1.807) is 5.56 Å². The van der Waals surface area contributed by atoms with Crippen molar-refractivity contribution in [1.29, 1.82) is 0 Å². The Bertz CT molecular complexity index is 390. The molecule has 1 aromatic rings. The van der Waals surface area contributed by atoms with E-state index in [1.807, 2.05) is 0 Å². The van der Waals surface area contributed by atoms with E-state index in [-0.39, 0.29) is 0 Å². The average molecular weight is 231 g/mol. The minimum absolute atomic E-state index is 0.359. The molecule has 1 aliphatic carbocycles. The van der Waals surface area contributed by atoms with E-state index in [0.717, 1.165) is 12.5 Å². The van der Waals surface area contributed by atoms with Crippen LogP contribution in [-0.2, 0) is 6.42 Å². The number of fused-ring (bicyclic) bond motifs is 1. The number of likely N-dealkylation sites (tertiary alicyclic amines) is 1. The number of aliphatic hydroxyl groups is 1. The molecule has 1 N–H and O–H groups in total. The van der Waals surface area contributed by atoms with E-state index >= 15 is 0 Å². The lowest BCUT2D eigenvalue weighted by molar-refractivity contribution is 0.113. The number of aliphatic hydroxyl groups excluding tert-OH is 1. The highest BCUT2D eigenvalue weighted by atomic mass is 16.3. The summed E-state index contributed by atoms with van der Waals surface area (Å²) in [6.45, 7) is 3.86. The van der Waals surface area contributed by atoms with Gasteiger partial charge in [0.2, 0.25) is 0 Å². The molecule has 1 saturated heterocycles. The highest BCUT2D eigenvalue weighted by Gasteiger charge is 2.29. The molecule has 1 aliphatic heterocycles. The number of nitrogens with zero attached hydrogens (tertiary/aromatic N) is 1. The Morgan fingerprint density at radius 2 is 2.18 bits per heavy atom. The maximum absolute atomic E-state index is 9.25. The van der Waals surface area contributed by atoms with Crippen LogP contribution in [0.1, 0.15) is 29.9 Å². The van der Waals surface area contributed by atoms with Gasteiger partial charge >= 0.3 is 0 Å². The first-order valence-electron chi connectivity index (χ1n) is 6.78. The van der Waals surface area contributed by atoms with Crippen molar-refractivity contribution in [2.24, 2.45) is 5.92 Å². The Labute approximate surface area is 103 Å². The normalized spacial score (nSPS) is 28.5. The summed E-state index contributed by atoms with van der Waals surface area (Å²) in [4.78, 5) is 2.55. The smallest absolute Gasteiger partial charge is 0.0471 e. The lowest BCUT2D eigenvalue weighted by atomic mass is 9.77. The Kier molecular flexibility index (Phi) is 3.17. The zero-order valence-corrected chi connectivity index (χ0v) is 10.3. The fourth-order valence-electron chi connectivity index (χ4n) is 3.30. The first-order chi connectivity index (χ1) is 8.36. The van der Waals surface area contributed by atoms with Crippen molar-refractivity contribution >= 4 is 0 Å². The highest BCUT2D eigenvalue weighted by molar-refractivity contribution is 5.40. The van der Waals surface area contributed by atoms with Gasteiger partial charge in [-0.25, -0.2) is 0 Å². The molecule has 0 bridgehead atoms. The van der Waals surface area contributed by atoms with Crippen LogP contribution in [-0.4, -0.2) is 36.2 Å². The van der Waals surface area contributed by atoms with Gasteiger partial charge in [-0.3, -0.25) is 0 Å². The van der Waals surface area contributed by atoms with Crippen LogP contribution in [0.15, 0.2) is 24.3 Å². The lowest BCUT2D eigenvalue weighted by Crippen LogP contribution is -2.41. The average Bonchev–Trinajstić information content (AvgIpc) is 2.36. The topological polar surface area (TPSA) is 23.5 Å². The zero-order valence-electron chi connectivity index (χ0n) is 10.3. The largest absolute Gasteiger partial charge is 0.396 e. The van der Waals surface area contributed by atoms with Crippen LogP contribution in [0.5, 0.6) is 0 Å². The van der Waals surface area contributed by atoms with Crippen LogP contribution >= 0.6 is 0 Å². The van der Waals surface area contributed by atoms with E-state index in [4.69, 9.17) is 0 Å². The molecule has 0 amide bonds. The first-order valence-corrected chi connectivity index (χ1v) is 6.78. The number of piperidine rings is 1. The number of hydrogen-bond acceptors (Lipinski definition) is 2. The molecule has 0 radical (unpaired) electrons. The summed E-state index contributed by atoms with van der Waals surface area (Å²) in [5.41, 5.74) is 3.09. The van der Waals surface area contributed by atoms with Crippen LogP contribution < -0.4 is 0 Å². The summed E-state index contributed by atoms with van der Waals surface area (Å²) < 4.78 is 0. The van der Waals surface area contributed by atoms with E-state index in [2.05, 4.69) is 29.2 Å². The van der Waals surface area contributed by atoms with Crippen LogP contribution in [0, 0.1) is 5.92 Å². The van der Waals surface area contributed by atoms with Crippen LogP contribution in [0.3, 0.4) is 0 Å². The van der Waals surface area contributed by atoms with Gasteiger partial charge in [0.1, 0.15) is 0 Å². The summed E-state index contributed by atoms with van der Waals surface area (Å²) >= 11 is 0. The van der Waals surface area contributed by atoms with Gasteiger partial charge in [-0.05, 0) is 42.9 Å². The van der Waals surface area contributed by atoms with Crippen LogP contribution in [0.25, 0.3) is 0 Å². The van der Waals surface area contributed by atoms with Crippen LogP contribution in [0.4, 0.5) is 0 Å².